The molecule has 0 saturated carbocycles. The maximum absolute atomic E-state index is 12.7. The van der Waals surface area contributed by atoms with Gasteiger partial charge in [0.1, 0.15) is 11.4 Å². The largest absolute Gasteiger partial charge is 0.484 e. The molecular formula is C27H25N3O4. The van der Waals surface area contributed by atoms with Crippen LogP contribution >= 0.6 is 0 Å². The summed E-state index contributed by atoms with van der Waals surface area (Å²) < 4.78 is 5.62. The first-order chi connectivity index (χ1) is 16.4. The Labute approximate surface area is 198 Å². The van der Waals surface area contributed by atoms with Crippen LogP contribution < -0.4 is 15.4 Å². The summed E-state index contributed by atoms with van der Waals surface area (Å²) in [5.74, 6) is -0.197. The van der Waals surface area contributed by atoms with Crippen LogP contribution in [0.3, 0.4) is 0 Å². The first-order valence-electron chi connectivity index (χ1n) is 10.9. The monoisotopic (exact) mass is 455 g/mol. The van der Waals surface area contributed by atoms with Gasteiger partial charge in [-0.25, -0.2) is 4.79 Å². The summed E-state index contributed by atoms with van der Waals surface area (Å²) in [6, 6.07) is 21.5. The zero-order valence-corrected chi connectivity index (χ0v) is 19.0. The van der Waals surface area contributed by atoms with Crippen molar-refractivity contribution >= 4 is 29.6 Å². The molecule has 7 heteroatoms. The van der Waals surface area contributed by atoms with Gasteiger partial charge in [0.15, 0.2) is 6.61 Å². The lowest BCUT2D eigenvalue weighted by atomic mass is 10.1. The average molecular weight is 456 g/mol. The Balaban J connectivity index is 1.38. The normalized spacial score (nSPS) is 14.3. The minimum Gasteiger partial charge on any atom is -0.484 e. The molecule has 0 bridgehead atoms. The fourth-order valence-corrected chi connectivity index (χ4v) is 3.51. The molecule has 1 aliphatic rings. The summed E-state index contributed by atoms with van der Waals surface area (Å²) in [6.45, 7) is 4.03. The molecule has 0 radical (unpaired) electrons. The van der Waals surface area contributed by atoms with Crippen molar-refractivity contribution in [1.82, 2.24) is 10.2 Å². The molecule has 3 aromatic carbocycles. The van der Waals surface area contributed by atoms with Gasteiger partial charge in [0.25, 0.3) is 11.8 Å². The molecular weight excluding hydrogens is 430 g/mol. The smallest absolute Gasteiger partial charge is 0.329 e. The van der Waals surface area contributed by atoms with E-state index in [4.69, 9.17) is 4.74 Å². The van der Waals surface area contributed by atoms with Crippen LogP contribution in [-0.4, -0.2) is 29.4 Å². The van der Waals surface area contributed by atoms with E-state index in [1.54, 1.807) is 30.3 Å². The molecule has 172 valence electrons. The molecule has 1 heterocycles. The standard InChI is InChI=1S/C27H25N3O4/c1-18-11-12-22(13-19(18)2)28-25(31)17-34-23-10-6-9-21(14-23)15-24-26(32)30(27(33)29-24)16-20-7-4-3-5-8-20/h3-15H,16-17H2,1-2H3,(H,28,31)(H,29,33). The predicted molar refractivity (Wildman–Crippen MR) is 130 cm³/mol. The molecule has 0 spiro atoms. The molecule has 4 rings (SSSR count). The first kappa shape index (κ1) is 22.8. The van der Waals surface area contributed by atoms with Gasteiger partial charge in [-0.3, -0.25) is 14.5 Å². The van der Waals surface area contributed by atoms with Crippen LogP contribution in [0.5, 0.6) is 5.75 Å². The highest BCUT2D eigenvalue weighted by Gasteiger charge is 2.33. The van der Waals surface area contributed by atoms with E-state index in [9.17, 15) is 14.4 Å². The number of urea groups is 1. The third-order valence-electron chi connectivity index (χ3n) is 5.48. The van der Waals surface area contributed by atoms with Crippen molar-refractivity contribution in [1.29, 1.82) is 0 Å². The van der Waals surface area contributed by atoms with Crippen molar-refractivity contribution in [3.63, 3.8) is 0 Å². The number of hydrogen-bond acceptors (Lipinski definition) is 4. The van der Waals surface area contributed by atoms with Crippen molar-refractivity contribution < 1.29 is 19.1 Å². The number of carbonyl (C=O) groups is 3. The van der Waals surface area contributed by atoms with Crippen LogP contribution in [0.15, 0.2) is 78.5 Å². The molecule has 3 aromatic rings. The number of nitrogens with one attached hydrogen (secondary N) is 2. The number of imide groups is 1. The molecule has 1 saturated heterocycles. The fraction of sp³-hybridized carbons (Fsp3) is 0.148. The molecule has 1 aliphatic heterocycles. The Morgan fingerprint density at radius 1 is 0.971 bits per heavy atom. The number of rotatable bonds is 7. The molecule has 34 heavy (non-hydrogen) atoms. The zero-order valence-electron chi connectivity index (χ0n) is 19.0. The third-order valence-corrected chi connectivity index (χ3v) is 5.48. The molecule has 4 amide bonds. The van der Waals surface area contributed by atoms with Gasteiger partial charge in [0, 0.05) is 5.69 Å². The molecule has 0 aromatic heterocycles. The highest BCUT2D eigenvalue weighted by atomic mass is 16.5. The van der Waals surface area contributed by atoms with Crippen molar-refractivity contribution in [3.05, 3.63) is 101 Å². The quantitative estimate of drug-likeness (QED) is 0.408. The molecule has 0 unspecified atom stereocenters. The Bertz CT molecular complexity index is 1270. The summed E-state index contributed by atoms with van der Waals surface area (Å²) in [5, 5.41) is 5.44. The van der Waals surface area contributed by atoms with E-state index >= 15 is 0 Å². The SMILES string of the molecule is Cc1ccc(NC(=O)COc2cccc(C=C3NC(=O)N(Cc4ccccc4)C3=O)c2)cc1C. The van der Waals surface area contributed by atoms with Crippen LogP contribution in [0.2, 0.25) is 0 Å². The third kappa shape index (κ3) is 5.50. The second kappa shape index (κ2) is 10.0. The number of benzene rings is 3. The maximum atomic E-state index is 12.7. The molecule has 0 aliphatic carbocycles. The first-order valence-corrected chi connectivity index (χ1v) is 10.9. The number of nitrogens with zero attached hydrogens (tertiary/aromatic N) is 1. The van der Waals surface area contributed by atoms with Gasteiger partial charge in [0.2, 0.25) is 0 Å². The van der Waals surface area contributed by atoms with Gasteiger partial charge >= 0.3 is 6.03 Å². The van der Waals surface area contributed by atoms with Crippen molar-refractivity contribution in [2.45, 2.75) is 20.4 Å². The van der Waals surface area contributed by atoms with Crippen LogP contribution in [0, 0.1) is 13.8 Å². The van der Waals surface area contributed by atoms with Crippen molar-refractivity contribution in [2.24, 2.45) is 0 Å². The summed E-state index contributed by atoms with van der Waals surface area (Å²) >= 11 is 0. The second-order valence-corrected chi connectivity index (χ2v) is 8.07. The van der Waals surface area contributed by atoms with Crippen LogP contribution in [-0.2, 0) is 16.1 Å². The van der Waals surface area contributed by atoms with Gasteiger partial charge in [-0.1, -0.05) is 48.5 Å². The predicted octanol–water partition coefficient (Wildman–Crippen LogP) is 4.41. The Morgan fingerprint density at radius 2 is 1.76 bits per heavy atom. The molecule has 2 N–H and O–H groups in total. The van der Waals surface area contributed by atoms with Crippen LogP contribution in [0.1, 0.15) is 22.3 Å². The number of carbonyl (C=O) groups excluding carboxylic acids is 3. The number of hydrogen-bond donors (Lipinski definition) is 2. The molecule has 1 fully saturated rings. The van der Waals surface area contributed by atoms with E-state index in [2.05, 4.69) is 10.6 Å². The number of ether oxygens (including phenoxy) is 1. The summed E-state index contributed by atoms with van der Waals surface area (Å²) in [4.78, 5) is 38.5. The summed E-state index contributed by atoms with van der Waals surface area (Å²) in [7, 11) is 0. The zero-order chi connectivity index (χ0) is 24.1. The number of anilines is 1. The van der Waals surface area contributed by atoms with E-state index in [1.165, 1.54) is 4.90 Å². The summed E-state index contributed by atoms with van der Waals surface area (Å²) in [6.07, 6.45) is 1.59. The lowest BCUT2D eigenvalue weighted by molar-refractivity contribution is -0.123. The van der Waals surface area contributed by atoms with Gasteiger partial charge in [-0.05, 0) is 66.4 Å². The highest BCUT2D eigenvalue weighted by molar-refractivity contribution is 6.13. The van der Waals surface area contributed by atoms with Gasteiger partial charge < -0.3 is 15.4 Å². The Hall–Kier alpha value is -4.39. The Morgan fingerprint density at radius 3 is 2.53 bits per heavy atom. The van der Waals surface area contributed by atoms with Crippen LogP contribution in [0.4, 0.5) is 10.5 Å². The lowest BCUT2D eigenvalue weighted by Gasteiger charge is -2.11. The number of aryl methyl sites for hydroxylation is 2. The van der Waals surface area contributed by atoms with E-state index < -0.39 is 11.9 Å². The topological polar surface area (TPSA) is 87.7 Å². The lowest BCUT2D eigenvalue weighted by Crippen LogP contribution is -2.30. The van der Waals surface area contributed by atoms with Gasteiger partial charge in [-0.15, -0.1) is 0 Å². The van der Waals surface area contributed by atoms with Gasteiger partial charge in [-0.2, -0.15) is 0 Å². The molecule has 7 nitrogen and oxygen atoms in total. The van der Waals surface area contributed by atoms with E-state index in [-0.39, 0.29) is 24.8 Å². The fourth-order valence-electron chi connectivity index (χ4n) is 3.51. The van der Waals surface area contributed by atoms with E-state index in [0.717, 1.165) is 16.7 Å². The summed E-state index contributed by atoms with van der Waals surface area (Å²) in [5.41, 5.74) is 4.67. The minimum atomic E-state index is -0.462. The van der Waals surface area contributed by atoms with E-state index in [0.29, 0.717) is 17.0 Å². The van der Waals surface area contributed by atoms with Crippen LogP contribution in [0.25, 0.3) is 6.08 Å². The second-order valence-electron chi connectivity index (χ2n) is 8.07. The van der Waals surface area contributed by atoms with E-state index in [1.807, 2.05) is 62.4 Å². The Kier molecular flexibility index (Phi) is 6.73. The minimum absolute atomic E-state index is 0.159. The van der Waals surface area contributed by atoms with Crippen molar-refractivity contribution in [2.75, 3.05) is 11.9 Å². The number of amides is 4. The highest BCUT2D eigenvalue weighted by Crippen LogP contribution is 2.20. The molecule has 0 atom stereocenters. The average Bonchev–Trinajstić information content (AvgIpc) is 3.08. The van der Waals surface area contributed by atoms with Crippen molar-refractivity contribution in [3.8, 4) is 5.75 Å². The maximum Gasteiger partial charge on any atom is 0.329 e. The van der Waals surface area contributed by atoms with Gasteiger partial charge in [0.05, 0.1) is 6.54 Å².